The van der Waals surface area contributed by atoms with Gasteiger partial charge in [0.25, 0.3) is 0 Å². The van der Waals surface area contributed by atoms with Gasteiger partial charge in [-0.1, -0.05) is 6.92 Å². The van der Waals surface area contributed by atoms with Crippen LogP contribution in [0, 0.1) is 0 Å². The first kappa shape index (κ1) is 12.9. The molecule has 90 valence electrons. The molecule has 1 heterocycles. The van der Waals surface area contributed by atoms with Gasteiger partial charge in [-0.15, -0.1) is 0 Å². The lowest BCUT2D eigenvalue weighted by Gasteiger charge is -2.25. The number of ether oxygens (including phenoxy) is 2. The summed E-state index contributed by atoms with van der Waals surface area (Å²) in [7, 11) is 0. The topological polar surface area (TPSA) is 50.7 Å². The third-order valence-electron chi connectivity index (χ3n) is 2.60. The van der Waals surface area contributed by atoms with Crippen LogP contribution in [0.1, 0.15) is 26.2 Å². The maximum atomic E-state index is 9.11. The molecule has 4 heteroatoms. The number of hydrogen-bond acceptors (Lipinski definition) is 4. The molecule has 0 aromatic carbocycles. The zero-order valence-corrected chi connectivity index (χ0v) is 9.58. The molecule has 0 aromatic rings. The molecular weight excluding hydrogens is 194 g/mol. The van der Waals surface area contributed by atoms with Gasteiger partial charge in [-0.2, -0.15) is 0 Å². The summed E-state index contributed by atoms with van der Waals surface area (Å²) in [5, 5.41) is 12.4. The van der Waals surface area contributed by atoms with Gasteiger partial charge in [-0.05, 0) is 25.8 Å². The SMILES string of the molecule is CCCNC(CO)COC1CCOCC1. The van der Waals surface area contributed by atoms with E-state index in [4.69, 9.17) is 14.6 Å². The zero-order chi connectivity index (χ0) is 10.9. The fraction of sp³-hybridized carbons (Fsp3) is 1.00. The monoisotopic (exact) mass is 217 g/mol. The number of aliphatic hydroxyl groups excluding tert-OH is 1. The highest BCUT2D eigenvalue weighted by Gasteiger charge is 2.16. The minimum absolute atomic E-state index is 0.0767. The van der Waals surface area contributed by atoms with E-state index in [9.17, 15) is 0 Å². The molecule has 4 nitrogen and oxygen atoms in total. The second-order valence-corrected chi connectivity index (χ2v) is 3.98. The van der Waals surface area contributed by atoms with Crippen molar-refractivity contribution >= 4 is 0 Å². The van der Waals surface area contributed by atoms with Crippen LogP contribution in [0.4, 0.5) is 0 Å². The first-order valence-electron chi connectivity index (χ1n) is 5.90. The van der Waals surface area contributed by atoms with Crippen LogP contribution in [0.3, 0.4) is 0 Å². The fourth-order valence-electron chi connectivity index (χ4n) is 1.62. The van der Waals surface area contributed by atoms with E-state index in [1.807, 2.05) is 0 Å². The van der Waals surface area contributed by atoms with Gasteiger partial charge in [0.2, 0.25) is 0 Å². The lowest BCUT2D eigenvalue weighted by atomic mass is 10.1. The van der Waals surface area contributed by atoms with E-state index in [2.05, 4.69) is 12.2 Å². The van der Waals surface area contributed by atoms with Gasteiger partial charge in [0.1, 0.15) is 0 Å². The van der Waals surface area contributed by atoms with E-state index in [0.717, 1.165) is 39.0 Å². The summed E-state index contributed by atoms with van der Waals surface area (Å²) in [4.78, 5) is 0. The van der Waals surface area contributed by atoms with Crippen molar-refractivity contribution in [1.82, 2.24) is 5.32 Å². The molecule has 1 atom stereocenters. The lowest BCUT2D eigenvalue weighted by molar-refractivity contribution is -0.0417. The summed E-state index contributed by atoms with van der Waals surface area (Å²) in [6.45, 7) is 5.39. The van der Waals surface area contributed by atoms with Crippen LogP contribution < -0.4 is 5.32 Å². The molecule has 1 saturated heterocycles. The van der Waals surface area contributed by atoms with Gasteiger partial charge in [0, 0.05) is 13.2 Å². The molecule has 2 N–H and O–H groups in total. The third kappa shape index (κ3) is 5.47. The average Bonchev–Trinajstić information content (AvgIpc) is 2.31. The highest BCUT2D eigenvalue weighted by molar-refractivity contribution is 4.68. The molecule has 0 aliphatic carbocycles. The Hall–Kier alpha value is -0.160. The molecule has 1 aliphatic heterocycles. The first-order valence-corrected chi connectivity index (χ1v) is 5.90. The van der Waals surface area contributed by atoms with Crippen molar-refractivity contribution in [3.8, 4) is 0 Å². The van der Waals surface area contributed by atoms with Gasteiger partial charge < -0.3 is 19.9 Å². The second-order valence-electron chi connectivity index (χ2n) is 3.98. The van der Waals surface area contributed by atoms with Crippen molar-refractivity contribution in [3.05, 3.63) is 0 Å². The summed E-state index contributed by atoms with van der Waals surface area (Å²) < 4.78 is 11.0. The second kappa shape index (κ2) is 8.05. The van der Waals surface area contributed by atoms with Crippen molar-refractivity contribution in [1.29, 1.82) is 0 Å². The minimum Gasteiger partial charge on any atom is -0.395 e. The van der Waals surface area contributed by atoms with E-state index in [-0.39, 0.29) is 12.6 Å². The Morgan fingerprint density at radius 1 is 1.47 bits per heavy atom. The summed E-state index contributed by atoms with van der Waals surface area (Å²) >= 11 is 0. The Kier molecular flexibility index (Phi) is 6.92. The standard InChI is InChI=1S/C11H23NO3/c1-2-5-12-10(8-13)9-15-11-3-6-14-7-4-11/h10-13H,2-9H2,1H3. The van der Waals surface area contributed by atoms with Crippen LogP contribution >= 0.6 is 0 Å². The highest BCUT2D eigenvalue weighted by atomic mass is 16.5. The molecule has 15 heavy (non-hydrogen) atoms. The molecular formula is C11H23NO3. The Morgan fingerprint density at radius 2 is 2.20 bits per heavy atom. The van der Waals surface area contributed by atoms with E-state index in [1.165, 1.54) is 0 Å². The molecule has 1 rings (SSSR count). The van der Waals surface area contributed by atoms with Gasteiger partial charge >= 0.3 is 0 Å². The van der Waals surface area contributed by atoms with E-state index in [1.54, 1.807) is 0 Å². The van der Waals surface area contributed by atoms with Gasteiger partial charge in [0.05, 0.1) is 25.4 Å². The Bertz CT molecular complexity index is 149. The van der Waals surface area contributed by atoms with Crippen molar-refractivity contribution in [2.75, 3.05) is 33.0 Å². The number of nitrogens with one attached hydrogen (secondary N) is 1. The molecule has 0 aromatic heterocycles. The Morgan fingerprint density at radius 3 is 2.80 bits per heavy atom. The number of aliphatic hydroxyl groups is 1. The summed E-state index contributed by atoms with van der Waals surface area (Å²) in [5.41, 5.74) is 0. The van der Waals surface area contributed by atoms with Gasteiger partial charge in [-0.25, -0.2) is 0 Å². The molecule has 0 amide bonds. The Labute approximate surface area is 92.0 Å². The van der Waals surface area contributed by atoms with Crippen molar-refractivity contribution in [2.24, 2.45) is 0 Å². The molecule has 0 radical (unpaired) electrons. The van der Waals surface area contributed by atoms with E-state index < -0.39 is 0 Å². The molecule has 0 bridgehead atoms. The average molecular weight is 217 g/mol. The molecule has 1 aliphatic rings. The highest BCUT2D eigenvalue weighted by Crippen LogP contribution is 2.10. The van der Waals surface area contributed by atoms with Crippen LogP contribution in [0.15, 0.2) is 0 Å². The zero-order valence-electron chi connectivity index (χ0n) is 9.58. The fourth-order valence-corrected chi connectivity index (χ4v) is 1.62. The molecule has 0 saturated carbocycles. The van der Waals surface area contributed by atoms with Gasteiger partial charge in [-0.3, -0.25) is 0 Å². The van der Waals surface area contributed by atoms with Crippen LogP contribution in [-0.2, 0) is 9.47 Å². The normalized spacial score (nSPS) is 20.4. The van der Waals surface area contributed by atoms with Crippen molar-refractivity contribution < 1.29 is 14.6 Å². The van der Waals surface area contributed by atoms with Crippen LogP contribution in [0.25, 0.3) is 0 Å². The third-order valence-corrected chi connectivity index (χ3v) is 2.60. The maximum Gasteiger partial charge on any atom is 0.0645 e. The lowest BCUT2D eigenvalue weighted by Crippen LogP contribution is -2.39. The number of rotatable bonds is 7. The minimum atomic E-state index is 0.0767. The summed E-state index contributed by atoms with van der Waals surface area (Å²) in [5.74, 6) is 0. The van der Waals surface area contributed by atoms with Crippen molar-refractivity contribution in [3.63, 3.8) is 0 Å². The molecule has 1 unspecified atom stereocenters. The predicted octanol–water partition coefficient (Wildman–Crippen LogP) is 0.542. The van der Waals surface area contributed by atoms with Crippen LogP contribution in [0.2, 0.25) is 0 Å². The molecule has 0 spiro atoms. The summed E-state index contributed by atoms with van der Waals surface area (Å²) in [6.07, 6.45) is 3.35. The van der Waals surface area contributed by atoms with Gasteiger partial charge in [0.15, 0.2) is 0 Å². The number of hydrogen-bond donors (Lipinski definition) is 2. The van der Waals surface area contributed by atoms with E-state index >= 15 is 0 Å². The van der Waals surface area contributed by atoms with Crippen molar-refractivity contribution in [2.45, 2.75) is 38.3 Å². The van der Waals surface area contributed by atoms with Crippen LogP contribution in [0.5, 0.6) is 0 Å². The maximum absolute atomic E-state index is 9.11. The summed E-state index contributed by atoms with van der Waals surface area (Å²) in [6, 6.07) is 0.0767. The largest absolute Gasteiger partial charge is 0.395 e. The Balaban J connectivity index is 2.09. The van der Waals surface area contributed by atoms with Crippen LogP contribution in [-0.4, -0.2) is 50.2 Å². The van der Waals surface area contributed by atoms with E-state index in [0.29, 0.717) is 12.7 Å². The smallest absolute Gasteiger partial charge is 0.0645 e. The first-order chi connectivity index (χ1) is 7.36. The predicted molar refractivity (Wildman–Crippen MR) is 59.0 cm³/mol. The quantitative estimate of drug-likeness (QED) is 0.653. The molecule has 1 fully saturated rings.